The van der Waals surface area contributed by atoms with Crippen molar-refractivity contribution in [3.8, 4) is 0 Å². The van der Waals surface area contributed by atoms with Gasteiger partial charge in [0.15, 0.2) is 0 Å². The maximum atomic E-state index is 11.2. The average Bonchev–Trinajstić information content (AvgIpc) is 2.79. The van der Waals surface area contributed by atoms with Gasteiger partial charge in [-0.3, -0.25) is 0 Å². The molecule has 0 bridgehead atoms. The maximum Gasteiger partial charge on any atom is 0.137 e. The van der Waals surface area contributed by atoms with Gasteiger partial charge in [-0.05, 0) is 12.1 Å². The van der Waals surface area contributed by atoms with Crippen LogP contribution in [0.25, 0.3) is 0 Å². The summed E-state index contributed by atoms with van der Waals surface area (Å²) in [5.74, 6) is 0. The minimum absolute atomic E-state index is 0.362. The Kier molecular flexibility index (Phi) is 4.32. The summed E-state index contributed by atoms with van der Waals surface area (Å²) in [6.07, 6.45) is 3.09. The summed E-state index contributed by atoms with van der Waals surface area (Å²) in [7, 11) is -1.50. The Morgan fingerprint density at radius 2 is 2.00 bits per heavy atom. The molecule has 0 aliphatic carbocycles. The summed E-state index contributed by atoms with van der Waals surface area (Å²) in [6, 6.07) is 8.18. The number of aromatic nitrogens is 3. The number of rotatable bonds is 5. The van der Waals surface area contributed by atoms with Gasteiger partial charge in [-0.2, -0.15) is 5.10 Å². The highest BCUT2D eigenvalue weighted by Crippen LogP contribution is 2.36. The van der Waals surface area contributed by atoms with Crippen molar-refractivity contribution in [1.82, 2.24) is 14.8 Å². The molecular weight excluding hydrogens is 290 g/mol. The summed E-state index contributed by atoms with van der Waals surface area (Å²) >= 11 is 6.29. The van der Waals surface area contributed by atoms with Crippen LogP contribution in [0.2, 0.25) is 30.7 Å². The summed E-state index contributed by atoms with van der Waals surface area (Å²) in [6.45, 7) is 7.06. The molecule has 6 heteroatoms. The van der Waals surface area contributed by atoms with Gasteiger partial charge in [0, 0.05) is 18.7 Å². The molecule has 0 amide bonds. The second-order valence-electron chi connectivity index (χ2n) is 6.34. The third-order valence-corrected chi connectivity index (χ3v) is 5.06. The van der Waals surface area contributed by atoms with Crippen molar-refractivity contribution in [3.63, 3.8) is 0 Å². The van der Waals surface area contributed by atoms with Crippen LogP contribution >= 0.6 is 11.6 Å². The number of aliphatic hydroxyl groups is 1. The quantitative estimate of drug-likeness (QED) is 0.863. The first-order valence-corrected chi connectivity index (χ1v) is 10.7. The van der Waals surface area contributed by atoms with Crippen LogP contribution < -0.4 is 0 Å². The maximum absolute atomic E-state index is 11.2. The zero-order valence-corrected chi connectivity index (χ0v) is 13.8. The molecule has 0 saturated heterocycles. The van der Waals surface area contributed by atoms with Crippen molar-refractivity contribution in [2.45, 2.75) is 37.8 Å². The van der Waals surface area contributed by atoms with Crippen LogP contribution in [0.4, 0.5) is 0 Å². The van der Waals surface area contributed by atoms with E-state index in [0.717, 1.165) is 5.56 Å². The fraction of sp³-hybridized carbons (Fsp3) is 0.429. The Hall–Kier alpha value is -1.17. The van der Waals surface area contributed by atoms with Crippen molar-refractivity contribution >= 4 is 19.7 Å². The Morgan fingerprint density at radius 3 is 2.55 bits per heavy atom. The highest BCUT2D eigenvalue weighted by Gasteiger charge is 2.37. The third-order valence-electron chi connectivity index (χ3n) is 3.09. The first-order valence-electron chi connectivity index (χ1n) is 6.60. The Balaban J connectivity index is 2.41. The van der Waals surface area contributed by atoms with Crippen LogP contribution in [-0.4, -0.2) is 27.9 Å². The van der Waals surface area contributed by atoms with Gasteiger partial charge in [0.1, 0.15) is 18.3 Å². The predicted molar refractivity (Wildman–Crippen MR) is 83.5 cm³/mol. The normalized spacial score (nSPS) is 15.1. The van der Waals surface area contributed by atoms with Gasteiger partial charge in [-0.1, -0.05) is 49.4 Å². The number of benzene rings is 1. The van der Waals surface area contributed by atoms with E-state index in [0.29, 0.717) is 17.6 Å². The smallest absolute Gasteiger partial charge is 0.137 e. The van der Waals surface area contributed by atoms with Crippen molar-refractivity contribution in [2.75, 3.05) is 0 Å². The second kappa shape index (κ2) is 5.67. The van der Waals surface area contributed by atoms with Crippen molar-refractivity contribution in [3.05, 3.63) is 47.5 Å². The molecule has 1 heterocycles. The molecule has 0 aliphatic rings. The molecule has 108 valence electrons. The van der Waals surface area contributed by atoms with Crippen molar-refractivity contribution < 1.29 is 5.11 Å². The number of hydrogen-bond acceptors (Lipinski definition) is 3. The van der Waals surface area contributed by atoms with E-state index in [4.69, 9.17) is 11.6 Å². The Bertz CT molecular complexity index is 568. The van der Waals surface area contributed by atoms with Crippen LogP contribution in [0.5, 0.6) is 0 Å². The van der Waals surface area contributed by atoms with Crippen LogP contribution in [0.15, 0.2) is 36.9 Å². The lowest BCUT2D eigenvalue weighted by molar-refractivity contribution is 0.0333. The molecule has 1 atom stereocenters. The van der Waals surface area contributed by atoms with Crippen LogP contribution in [0.3, 0.4) is 0 Å². The van der Waals surface area contributed by atoms with Crippen LogP contribution in [0, 0.1) is 0 Å². The average molecular weight is 310 g/mol. The zero-order chi connectivity index (χ0) is 14.8. The zero-order valence-electron chi connectivity index (χ0n) is 12.0. The number of halogens is 1. The SMILES string of the molecule is C[Si](C)(C)CC(O)(Cn1cncn1)c1ccccc1Cl. The predicted octanol–water partition coefficient (Wildman–Crippen LogP) is 3.16. The van der Waals surface area contributed by atoms with E-state index >= 15 is 0 Å². The molecule has 2 aromatic rings. The Morgan fingerprint density at radius 1 is 1.30 bits per heavy atom. The van der Waals surface area contributed by atoms with E-state index in [1.807, 2.05) is 24.3 Å². The molecule has 0 saturated carbocycles. The number of hydrogen-bond donors (Lipinski definition) is 1. The van der Waals surface area contributed by atoms with Crippen LogP contribution in [-0.2, 0) is 12.1 Å². The van der Waals surface area contributed by atoms with Gasteiger partial charge >= 0.3 is 0 Å². The summed E-state index contributed by atoms with van der Waals surface area (Å²) in [5, 5.41) is 15.9. The largest absolute Gasteiger partial charge is 0.383 e. The van der Waals surface area contributed by atoms with E-state index < -0.39 is 13.7 Å². The van der Waals surface area contributed by atoms with E-state index in [2.05, 4.69) is 29.7 Å². The van der Waals surface area contributed by atoms with E-state index in [-0.39, 0.29) is 0 Å². The molecule has 1 unspecified atom stereocenters. The monoisotopic (exact) mass is 309 g/mol. The lowest BCUT2D eigenvalue weighted by Gasteiger charge is -2.34. The molecule has 1 aromatic carbocycles. The van der Waals surface area contributed by atoms with Gasteiger partial charge in [0.25, 0.3) is 0 Å². The highest BCUT2D eigenvalue weighted by molar-refractivity contribution is 6.76. The number of nitrogens with zero attached hydrogens (tertiary/aromatic N) is 3. The lowest BCUT2D eigenvalue weighted by Crippen LogP contribution is -2.39. The van der Waals surface area contributed by atoms with E-state index in [1.165, 1.54) is 6.33 Å². The van der Waals surface area contributed by atoms with Gasteiger partial charge in [0.2, 0.25) is 0 Å². The lowest BCUT2D eigenvalue weighted by atomic mass is 9.95. The molecule has 4 nitrogen and oxygen atoms in total. The molecule has 0 spiro atoms. The van der Waals surface area contributed by atoms with E-state index in [9.17, 15) is 5.11 Å². The minimum Gasteiger partial charge on any atom is -0.383 e. The van der Waals surface area contributed by atoms with Gasteiger partial charge < -0.3 is 5.11 Å². The fourth-order valence-corrected chi connectivity index (χ4v) is 4.90. The van der Waals surface area contributed by atoms with Gasteiger partial charge in [-0.15, -0.1) is 0 Å². The first-order chi connectivity index (χ1) is 9.30. The minimum atomic E-state index is -1.50. The summed E-state index contributed by atoms with van der Waals surface area (Å²) in [5.41, 5.74) is -0.254. The standard InChI is InChI=1S/C14H20ClN3OSi/c1-20(2,3)9-14(19,8-18-11-16-10-17-18)12-6-4-5-7-13(12)15/h4-7,10-11,19H,8-9H2,1-3H3. The third kappa shape index (κ3) is 3.68. The van der Waals surface area contributed by atoms with Gasteiger partial charge in [0.05, 0.1) is 6.54 Å². The van der Waals surface area contributed by atoms with Gasteiger partial charge in [-0.25, -0.2) is 9.67 Å². The molecular formula is C14H20ClN3OSi. The highest BCUT2D eigenvalue weighted by atomic mass is 35.5. The van der Waals surface area contributed by atoms with Crippen LogP contribution in [0.1, 0.15) is 5.56 Å². The molecule has 0 radical (unpaired) electrons. The van der Waals surface area contributed by atoms with Crippen molar-refractivity contribution in [1.29, 1.82) is 0 Å². The summed E-state index contributed by atoms with van der Waals surface area (Å²) < 4.78 is 1.66. The van der Waals surface area contributed by atoms with Crippen molar-refractivity contribution in [2.24, 2.45) is 0 Å². The topological polar surface area (TPSA) is 50.9 Å². The first kappa shape index (κ1) is 15.2. The molecule has 0 fully saturated rings. The summed E-state index contributed by atoms with van der Waals surface area (Å²) in [4.78, 5) is 3.94. The molecule has 1 aromatic heterocycles. The fourth-order valence-electron chi connectivity index (χ4n) is 2.53. The molecule has 20 heavy (non-hydrogen) atoms. The Labute approximate surface area is 125 Å². The molecule has 2 rings (SSSR count). The second-order valence-corrected chi connectivity index (χ2v) is 12.2. The van der Waals surface area contributed by atoms with E-state index in [1.54, 1.807) is 11.0 Å². The molecule has 0 aliphatic heterocycles. The molecule has 1 N–H and O–H groups in total.